The molecule has 0 fully saturated rings. The average Bonchev–Trinajstić information content (AvgIpc) is 3.18. The highest BCUT2D eigenvalue weighted by molar-refractivity contribution is 7.88. The molecule has 0 saturated carbocycles. The van der Waals surface area contributed by atoms with E-state index >= 15 is 0 Å². The van der Waals surface area contributed by atoms with Gasteiger partial charge in [-0.25, -0.2) is 0 Å². The van der Waals surface area contributed by atoms with Crippen molar-refractivity contribution < 1.29 is 9.84 Å². The van der Waals surface area contributed by atoms with E-state index in [2.05, 4.69) is 91.9 Å². The van der Waals surface area contributed by atoms with Crippen molar-refractivity contribution in [1.82, 2.24) is 0 Å². The number of hydrogen-bond donors (Lipinski definition) is 1. The predicted molar refractivity (Wildman–Crippen MR) is 137 cm³/mol. The van der Waals surface area contributed by atoms with Crippen LogP contribution in [0.5, 0.6) is 11.5 Å². The minimum atomic E-state index is -0.658. The van der Waals surface area contributed by atoms with Crippen LogP contribution in [0.25, 0.3) is 0 Å². The van der Waals surface area contributed by atoms with Gasteiger partial charge in [-0.05, 0) is 56.1 Å². The van der Waals surface area contributed by atoms with E-state index in [0.29, 0.717) is 12.4 Å². The monoisotopic (exact) mass is 454 g/mol. The van der Waals surface area contributed by atoms with Crippen LogP contribution in [0.2, 0.25) is 0 Å². The Bertz CT molecular complexity index is 1290. The highest BCUT2D eigenvalue weighted by Gasteiger charge is 2.46. The van der Waals surface area contributed by atoms with Gasteiger partial charge in [-0.1, -0.05) is 84.9 Å². The van der Waals surface area contributed by atoms with Crippen LogP contribution in [0, 0.1) is 0 Å². The Morgan fingerprint density at radius 1 is 0.688 bits per heavy atom. The van der Waals surface area contributed by atoms with E-state index < -0.39 is 15.8 Å². The van der Waals surface area contributed by atoms with Crippen molar-refractivity contribution in [2.75, 3.05) is 12.5 Å². The fourth-order valence-corrected chi connectivity index (χ4v) is 12.2. The number of aromatic hydroxyl groups is 1. The summed E-state index contributed by atoms with van der Waals surface area (Å²) in [6.45, 7) is 2.81. The van der Waals surface area contributed by atoms with Crippen LogP contribution < -0.4 is 26.0 Å². The molecule has 4 aromatic carbocycles. The van der Waals surface area contributed by atoms with Crippen molar-refractivity contribution in [3.8, 4) is 11.5 Å². The van der Waals surface area contributed by atoms with Crippen molar-refractivity contribution in [1.29, 1.82) is 0 Å². The minimum absolute atomic E-state index is 0.377. The van der Waals surface area contributed by atoms with E-state index in [1.807, 2.05) is 12.1 Å². The van der Waals surface area contributed by atoms with Gasteiger partial charge in [-0.2, -0.15) is 0 Å². The van der Waals surface area contributed by atoms with Crippen molar-refractivity contribution in [2.24, 2.45) is 0 Å². The van der Waals surface area contributed by atoms with Gasteiger partial charge in [-0.15, -0.1) is 0 Å². The van der Waals surface area contributed by atoms with E-state index in [1.54, 1.807) is 0 Å². The zero-order valence-corrected chi connectivity index (χ0v) is 19.7. The van der Waals surface area contributed by atoms with E-state index in [1.165, 1.54) is 26.8 Å². The summed E-state index contributed by atoms with van der Waals surface area (Å²) < 4.78 is 6.28. The van der Waals surface area contributed by atoms with Gasteiger partial charge < -0.3 is 9.84 Å². The molecule has 0 aliphatic carbocycles. The van der Waals surface area contributed by atoms with Gasteiger partial charge in [0.25, 0.3) is 0 Å². The lowest BCUT2D eigenvalue weighted by molar-refractivity contribution is 0.299. The van der Waals surface area contributed by atoms with Gasteiger partial charge in [0, 0.05) is 17.0 Å². The topological polar surface area (TPSA) is 29.5 Å². The number of hydrogen-bond acceptors (Lipinski definition) is 2. The molecular formula is C28H24O2P2. The summed E-state index contributed by atoms with van der Waals surface area (Å²) in [4.78, 5) is 0. The summed E-state index contributed by atoms with van der Waals surface area (Å²) in [6, 6.07) is 34.4. The summed E-state index contributed by atoms with van der Waals surface area (Å²) in [6.07, 6.45) is 0. The lowest BCUT2D eigenvalue weighted by atomic mass is 9.77. The number of benzene rings is 4. The molecule has 0 bridgehead atoms. The van der Waals surface area contributed by atoms with E-state index in [4.69, 9.17) is 4.74 Å². The van der Waals surface area contributed by atoms with Crippen molar-refractivity contribution in [2.45, 2.75) is 12.3 Å². The number of ether oxygens (including phenoxy) is 1. The van der Waals surface area contributed by atoms with Gasteiger partial charge in [0.2, 0.25) is 0 Å². The third-order valence-electron chi connectivity index (χ3n) is 6.64. The molecule has 1 N–H and O–H groups in total. The fourth-order valence-electron chi connectivity index (χ4n) is 5.18. The fraction of sp³-hybridized carbons (Fsp3) is 0.143. The standard InChI is InChI=1S/C28H24O2P2/c1-28-18-30-23-15-9-17-25(27(23)28)32(21-12-6-3-7-13-21)19-31(20-10-4-2-5-11-20)24-16-8-14-22(29)26(24)28/h2-17,29H,18-19H2,1H3/t28-,31?,32?/m1/s1. The van der Waals surface area contributed by atoms with Crippen LogP contribution in [-0.4, -0.2) is 17.6 Å². The van der Waals surface area contributed by atoms with Gasteiger partial charge in [0.05, 0.1) is 5.41 Å². The number of phenolic OH excluding ortho intramolecular Hbond substituents is 1. The van der Waals surface area contributed by atoms with Gasteiger partial charge in [0.1, 0.15) is 18.1 Å². The van der Waals surface area contributed by atoms with Gasteiger partial charge in [0.15, 0.2) is 0 Å². The Morgan fingerprint density at radius 3 is 1.88 bits per heavy atom. The summed E-state index contributed by atoms with van der Waals surface area (Å²) in [5.74, 6) is 2.40. The van der Waals surface area contributed by atoms with Crippen molar-refractivity contribution in [3.63, 3.8) is 0 Å². The third kappa shape index (κ3) is 3.01. The van der Waals surface area contributed by atoms with Gasteiger partial charge >= 0.3 is 0 Å². The molecule has 0 aromatic heterocycles. The molecule has 3 atom stereocenters. The quantitative estimate of drug-likeness (QED) is 0.436. The number of rotatable bonds is 2. The minimum Gasteiger partial charge on any atom is -0.508 e. The highest BCUT2D eigenvalue weighted by atomic mass is 31.2. The van der Waals surface area contributed by atoms with E-state index in [9.17, 15) is 5.11 Å². The van der Waals surface area contributed by atoms with Crippen LogP contribution in [0.3, 0.4) is 0 Å². The Balaban J connectivity index is 1.69. The van der Waals surface area contributed by atoms with Crippen LogP contribution in [0.15, 0.2) is 97.1 Å². The summed E-state index contributed by atoms with van der Waals surface area (Å²) in [7, 11) is -1.25. The van der Waals surface area contributed by atoms with Crippen LogP contribution in [0.1, 0.15) is 18.1 Å². The second-order valence-electron chi connectivity index (χ2n) is 8.61. The van der Waals surface area contributed by atoms with E-state index in [0.717, 1.165) is 17.2 Å². The molecule has 32 heavy (non-hydrogen) atoms. The second kappa shape index (κ2) is 7.73. The maximum atomic E-state index is 11.2. The summed E-state index contributed by atoms with van der Waals surface area (Å²) in [5.41, 5.74) is 1.93. The molecule has 2 heterocycles. The zero-order valence-electron chi connectivity index (χ0n) is 17.9. The molecule has 0 spiro atoms. The van der Waals surface area contributed by atoms with Crippen molar-refractivity contribution in [3.05, 3.63) is 108 Å². The lowest BCUT2D eigenvalue weighted by Gasteiger charge is -2.37. The zero-order chi connectivity index (χ0) is 21.7. The van der Waals surface area contributed by atoms with Gasteiger partial charge in [-0.3, -0.25) is 0 Å². The SMILES string of the molecule is C[C@]12COc3cccc(c31)P(c1ccccc1)CP(c1ccccc1)c1cccc(O)c12. The highest BCUT2D eigenvalue weighted by Crippen LogP contribution is 2.57. The summed E-state index contributed by atoms with van der Waals surface area (Å²) in [5, 5.41) is 16.6. The first-order chi connectivity index (χ1) is 15.7. The number of fused-ring (bicyclic) bond motifs is 2. The molecule has 0 saturated heterocycles. The third-order valence-corrected chi connectivity index (χ3v) is 12.7. The maximum Gasteiger partial charge on any atom is 0.124 e. The lowest BCUT2D eigenvalue weighted by Crippen LogP contribution is -2.38. The molecule has 4 heteroatoms. The van der Waals surface area contributed by atoms with E-state index in [-0.39, 0.29) is 5.41 Å². The molecule has 2 aliphatic heterocycles. The Morgan fingerprint density at radius 2 is 1.25 bits per heavy atom. The summed E-state index contributed by atoms with van der Waals surface area (Å²) >= 11 is 0. The first-order valence-electron chi connectivity index (χ1n) is 10.9. The molecule has 2 nitrogen and oxygen atoms in total. The predicted octanol–water partition coefficient (Wildman–Crippen LogP) is 4.93. The van der Waals surface area contributed by atoms with Crippen LogP contribution in [0.4, 0.5) is 0 Å². The van der Waals surface area contributed by atoms with Crippen LogP contribution in [-0.2, 0) is 5.41 Å². The molecule has 2 aliphatic rings. The largest absolute Gasteiger partial charge is 0.508 e. The molecule has 0 amide bonds. The Kier molecular flexibility index (Phi) is 4.83. The molecular weight excluding hydrogens is 430 g/mol. The molecule has 4 aromatic rings. The molecule has 2 unspecified atom stereocenters. The number of phenols is 1. The first-order valence-corrected chi connectivity index (χ1v) is 14.0. The Labute approximate surface area is 191 Å². The first kappa shape index (κ1) is 20.0. The second-order valence-corrected chi connectivity index (χ2v) is 13.5. The van der Waals surface area contributed by atoms with Crippen LogP contribution >= 0.6 is 15.8 Å². The average molecular weight is 454 g/mol. The Hall–Kier alpha value is -2.66. The normalized spacial score (nSPS) is 23.4. The smallest absolute Gasteiger partial charge is 0.124 e. The van der Waals surface area contributed by atoms with Crippen molar-refractivity contribution >= 4 is 37.1 Å². The molecule has 6 rings (SSSR count). The maximum absolute atomic E-state index is 11.2. The molecule has 0 radical (unpaired) electrons. The molecule has 158 valence electrons.